The largest absolute Gasteiger partial charge is 0.350 e. The highest BCUT2D eigenvalue weighted by Crippen LogP contribution is 2.21. The molecule has 0 saturated heterocycles. The Labute approximate surface area is 112 Å². The first-order valence-electron chi connectivity index (χ1n) is 7.09. The molecule has 1 aliphatic rings. The smallest absolute Gasteiger partial charge is 0.271 e. The molecule has 2 N–H and O–H groups in total. The molecule has 5 heteroatoms. The molecule has 19 heavy (non-hydrogen) atoms. The number of H-pyrrole nitrogens is 1. The molecule has 1 aromatic rings. The molecular formula is C14H21N3O2. The number of aromatic nitrogens is 2. The van der Waals surface area contributed by atoms with Gasteiger partial charge in [0.2, 0.25) is 0 Å². The lowest BCUT2D eigenvalue weighted by Crippen LogP contribution is -2.31. The monoisotopic (exact) mass is 263 g/mol. The van der Waals surface area contributed by atoms with Gasteiger partial charge in [0, 0.05) is 12.6 Å². The van der Waals surface area contributed by atoms with Crippen LogP contribution in [0.15, 0.2) is 16.9 Å². The van der Waals surface area contributed by atoms with Crippen molar-refractivity contribution in [2.24, 2.45) is 5.92 Å². The molecule has 0 atom stereocenters. The number of carbonyl (C=O) groups is 1. The van der Waals surface area contributed by atoms with E-state index in [2.05, 4.69) is 15.5 Å². The van der Waals surface area contributed by atoms with Crippen LogP contribution in [0.5, 0.6) is 0 Å². The second-order valence-corrected chi connectivity index (χ2v) is 5.23. The molecule has 1 saturated carbocycles. The second kappa shape index (κ2) is 7.07. The van der Waals surface area contributed by atoms with Gasteiger partial charge in [-0.1, -0.05) is 32.1 Å². The third-order valence-electron chi connectivity index (χ3n) is 3.69. The Morgan fingerprint density at radius 1 is 1.21 bits per heavy atom. The number of hydrogen-bond donors (Lipinski definition) is 2. The van der Waals surface area contributed by atoms with Gasteiger partial charge in [-0.25, -0.2) is 5.10 Å². The van der Waals surface area contributed by atoms with Gasteiger partial charge < -0.3 is 5.32 Å². The first-order valence-corrected chi connectivity index (χ1v) is 7.09. The minimum absolute atomic E-state index is 0.210. The number of carbonyl (C=O) groups excluding carboxylic acids is 1. The zero-order valence-electron chi connectivity index (χ0n) is 11.2. The Morgan fingerprint density at radius 3 is 2.53 bits per heavy atom. The topological polar surface area (TPSA) is 74.8 Å². The fraction of sp³-hybridized carbons (Fsp3) is 0.643. The molecule has 0 aromatic carbocycles. The lowest BCUT2D eigenvalue weighted by molar-refractivity contribution is 0.0938. The van der Waals surface area contributed by atoms with Gasteiger partial charge in [-0.05, 0) is 24.8 Å². The van der Waals surface area contributed by atoms with Crippen LogP contribution in [-0.4, -0.2) is 22.6 Å². The summed E-state index contributed by atoms with van der Waals surface area (Å²) in [6, 6.07) is 2.77. The molecule has 1 aromatic heterocycles. The molecule has 1 heterocycles. The van der Waals surface area contributed by atoms with Crippen molar-refractivity contribution in [1.82, 2.24) is 15.5 Å². The average molecular weight is 263 g/mol. The molecular weight excluding hydrogens is 242 g/mol. The summed E-state index contributed by atoms with van der Waals surface area (Å²) in [6.45, 7) is 0.708. The number of rotatable bonds is 3. The summed E-state index contributed by atoms with van der Waals surface area (Å²) in [7, 11) is 0. The van der Waals surface area contributed by atoms with Crippen molar-refractivity contribution < 1.29 is 4.79 Å². The molecule has 1 fully saturated rings. The molecule has 1 aliphatic carbocycles. The van der Waals surface area contributed by atoms with E-state index in [0.29, 0.717) is 12.5 Å². The summed E-state index contributed by atoms with van der Waals surface area (Å²) in [5, 5.41) is 8.91. The highest BCUT2D eigenvalue weighted by atomic mass is 16.2. The van der Waals surface area contributed by atoms with E-state index in [1.807, 2.05) is 0 Å². The summed E-state index contributed by atoms with van der Waals surface area (Å²) in [5.74, 6) is 0.366. The van der Waals surface area contributed by atoms with E-state index in [0.717, 1.165) is 0 Å². The van der Waals surface area contributed by atoms with Gasteiger partial charge in [-0.2, -0.15) is 5.10 Å². The third-order valence-corrected chi connectivity index (χ3v) is 3.69. The Balaban J connectivity index is 1.81. The predicted octanol–water partition coefficient (Wildman–Crippen LogP) is 1.86. The van der Waals surface area contributed by atoms with Crippen LogP contribution in [0.2, 0.25) is 0 Å². The van der Waals surface area contributed by atoms with Crippen LogP contribution in [0.3, 0.4) is 0 Å². The van der Waals surface area contributed by atoms with Gasteiger partial charge in [-0.3, -0.25) is 9.59 Å². The van der Waals surface area contributed by atoms with E-state index >= 15 is 0 Å². The SMILES string of the molecule is O=C(NCC1CCCCCCC1)c1ccc(=O)[nH]n1. The molecule has 0 radical (unpaired) electrons. The van der Waals surface area contributed by atoms with E-state index in [4.69, 9.17) is 0 Å². The molecule has 104 valence electrons. The Kier molecular flexibility index (Phi) is 5.12. The lowest BCUT2D eigenvalue weighted by Gasteiger charge is -2.19. The lowest BCUT2D eigenvalue weighted by atomic mass is 9.91. The van der Waals surface area contributed by atoms with Crippen molar-refractivity contribution in [3.63, 3.8) is 0 Å². The first kappa shape index (κ1) is 13.8. The van der Waals surface area contributed by atoms with Crippen molar-refractivity contribution >= 4 is 5.91 Å². The first-order chi connectivity index (χ1) is 9.25. The van der Waals surface area contributed by atoms with Crippen molar-refractivity contribution in [2.75, 3.05) is 6.54 Å². The van der Waals surface area contributed by atoms with Crippen LogP contribution < -0.4 is 10.9 Å². The molecule has 0 bridgehead atoms. The Morgan fingerprint density at radius 2 is 1.89 bits per heavy atom. The predicted molar refractivity (Wildman–Crippen MR) is 73.0 cm³/mol. The highest BCUT2D eigenvalue weighted by Gasteiger charge is 2.14. The van der Waals surface area contributed by atoms with Gasteiger partial charge in [0.15, 0.2) is 0 Å². The quantitative estimate of drug-likeness (QED) is 0.874. The molecule has 0 spiro atoms. The molecule has 2 rings (SSSR count). The van der Waals surface area contributed by atoms with E-state index in [1.165, 1.54) is 57.1 Å². The minimum atomic E-state index is -0.295. The Hall–Kier alpha value is -1.65. The summed E-state index contributed by atoms with van der Waals surface area (Å²) in [6.07, 6.45) is 8.88. The van der Waals surface area contributed by atoms with Gasteiger partial charge in [0.05, 0.1) is 0 Å². The zero-order chi connectivity index (χ0) is 13.5. The van der Waals surface area contributed by atoms with E-state index < -0.39 is 0 Å². The van der Waals surface area contributed by atoms with Crippen LogP contribution in [0.25, 0.3) is 0 Å². The van der Waals surface area contributed by atoms with E-state index in [-0.39, 0.29) is 17.2 Å². The van der Waals surface area contributed by atoms with Crippen molar-refractivity contribution in [1.29, 1.82) is 0 Å². The standard InChI is InChI=1S/C14H21N3O2/c18-13-9-8-12(16-17-13)14(19)15-10-11-6-4-2-1-3-5-7-11/h8-9,11H,1-7,10H2,(H,15,19)(H,17,18). The fourth-order valence-corrected chi connectivity index (χ4v) is 2.54. The summed E-state index contributed by atoms with van der Waals surface area (Å²) >= 11 is 0. The molecule has 0 aliphatic heterocycles. The van der Waals surface area contributed by atoms with Crippen LogP contribution in [0, 0.1) is 5.92 Å². The molecule has 0 unspecified atom stereocenters. The zero-order valence-corrected chi connectivity index (χ0v) is 11.2. The third kappa shape index (κ3) is 4.50. The summed E-state index contributed by atoms with van der Waals surface area (Å²) in [4.78, 5) is 22.7. The van der Waals surface area contributed by atoms with Crippen molar-refractivity contribution in [2.45, 2.75) is 44.9 Å². The van der Waals surface area contributed by atoms with E-state index in [1.54, 1.807) is 0 Å². The number of amides is 1. The summed E-state index contributed by atoms with van der Waals surface area (Å²) in [5.41, 5.74) is -0.0259. The van der Waals surface area contributed by atoms with Gasteiger partial charge in [-0.15, -0.1) is 0 Å². The van der Waals surface area contributed by atoms with Crippen LogP contribution in [0.1, 0.15) is 55.4 Å². The van der Waals surface area contributed by atoms with Crippen LogP contribution >= 0.6 is 0 Å². The maximum atomic E-state index is 11.9. The van der Waals surface area contributed by atoms with Gasteiger partial charge in [0.25, 0.3) is 11.5 Å². The van der Waals surface area contributed by atoms with Gasteiger partial charge >= 0.3 is 0 Å². The molecule has 5 nitrogen and oxygen atoms in total. The van der Waals surface area contributed by atoms with Crippen molar-refractivity contribution in [3.8, 4) is 0 Å². The van der Waals surface area contributed by atoms with Crippen LogP contribution in [-0.2, 0) is 0 Å². The average Bonchev–Trinajstić information content (AvgIpc) is 2.38. The maximum Gasteiger partial charge on any atom is 0.271 e. The van der Waals surface area contributed by atoms with Crippen LogP contribution in [0.4, 0.5) is 0 Å². The van der Waals surface area contributed by atoms with Gasteiger partial charge in [0.1, 0.15) is 5.69 Å². The number of nitrogens with one attached hydrogen (secondary N) is 2. The Bertz CT molecular complexity index is 442. The normalized spacial score (nSPS) is 17.5. The number of hydrogen-bond acceptors (Lipinski definition) is 3. The summed E-state index contributed by atoms with van der Waals surface area (Å²) < 4.78 is 0. The van der Waals surface area contributed by atoms with E-state index in [9.17, 15) is 9.59 Å². The fourth-order valence-electron chi connectivity index (χ4n) is 2.54. The number of aromatic amines is 1. The highest BCUT2D eigenvalue weighted by molar-refractivity contribution is 5.91. The number of nitrogens with zero attached hydrogens (tertiary/aromatic N) is 1. The minimum Gasteiger partial charge on any atom is -0.350 e. The second-order valence-electron chi connectivity index (χ2n) is 5.23. The maximum absolute atomic E-state index is 11.9. The van der Waals surface area contributed by atoms with Crippen molar-refractivity contribution in [3.05, 3.63) is 28.2 Å². The molecule has 1 amide bonds.